The number of pyridine rings is 1. The van der Waals surface area contributed by atoms with Crippen LogP contribution in [0.15, 0.2) is 36.5 Å². The Morgan fingerprint density at radius 3 is 2.32 bits per heavy atom. The third kappa shape index (κ3) is 3.19. The van der Waals surface area contributed by atoms with Crippen LogP contribution in [0.3, 0.4) is 0 Å². The third-order valence-corrected chi connectivity index (χ3v) is 2.74. The molecule has 0 spiro atoms. The smallest absolute Gasteiger partial charge is 0.131 e. The van der Waals surface area contributed by atoms with Crippen molar-refractivity contribution in [3.8, 4) is 0 Å². The molecule has 0 aliphatic carbocycles. The van der Waals surface area contributed by atoms with Gasteiger partial charge in [0.05, 0.1) is 11.9 Å². The number of nitrogens with one attached hydrogen (secondary N) is 1. The van der Waals surface area contributed by atoms with Gasteiger partial charge in [-0.15, -0.1) is 0 Å². The third-order valence-electron chi connectivity index (χ3n) is 2.74. The van der Waals surface area contributed by atoms with Gasteiger partial charge in [-0.1, -0.05) is 6.07 Å². The molecule has 0 atom stereocenters. The second kappa shape index (κ2) is 5.65. The summed E-state index contributed by atoms with van der Waals surface area (Å²) in [6, 6.07) is 7.49. The van der Waals surface area contributed by atoms with E-state index in [0.29, 0.717) is 5.69 Å². The van der Waals surface area contributed by atoms with E-state index in [9.17, 15) is 8.78 Å². The molecule has 0 aliphatic rings. The van der Waals surface area contributed by atoms with Crippen LogP contribution in [0.2, 0.25) is 0 Å². The van der Waals surface area contributed by atoms with Crippen molar-refractivity contribution in [2.45, 2.75) is 6.54 Å². The number of aromatic nitrogens is 1. The Morgan fingerprint density at radius 2 is 1.79 bits per heavy atom. The Hall–Kier alpha value is -2.17. The maximum Gasteiger partial charge on any atom is 0.131 e. The molecule has 3 nitrogen and oxygen atoms in total. The first-order valence-electron chi connectivity index (χ1n) is 5.88. The van der Waals surface area contributed by atoms with E-state index in [1.54, 1.807) is 6.20 Å². The van der Waals surface area contributed by atoms with Crippen LogP contribution >= 0.6 is 0 Å². The van der Waals surface area contributed by atoms with Crippen LogP contribution < -0.4 is 10.2 Å². The molecule has 1 aromatic carbocycles. The average Bonchev–Trinajstić information content (AvgIpc) is 2.38. The zero-order chi connectivity index (χ0) is 13.8. The Labute approximate surface area is 110 Å². The van der Waals surface area contributed by atoms with E-state index in [1.165, 1.54) is 18.2 Å². The molecular formula is C14H15F2N3. The van der Waals surface area contributed by atoms with Crippen LogP contribution in [0.25, 0.3) is 0 Å². The molecule has 19 heavy (non-hydrogen) atoms. The zero-order valence-electron chi connectivity index (χ0n) is 10.8. The standard InChI is InChI=1S/C14H15F2N3/c1-19(2)14-7-6-10(8-18-14)17-9-11-12(15)4-3-5-13(11)16/h3-8,17H,9H2,1-2H3. The number of rotatable bonds is 4. The van der Waals surface area contributed by atoms with Gasteiger partial charge in [-0.2, -0.15) is 0 Å². The fraction of sp³-hybridized carbons (Fsp3) is 0.214. The average molecular weight is 263 g/mol. The van der Waals surface area contributed by atoms with Gasteiger partial charge in [0.1, 0.15) is 17.5 Å². The molecule has 1 N–H and O–H groups in total. The minimum absolute atomic E-state index is 0.0270. The Morgan fingerprint density at radius 1 is 1.11 bits per heavy atom. The summed E-state index contributed by atoms with van der Waals surface area (Å²) >= 11 is 0. The minimum Gasteiger partial charge on any atom is -0.379 e. The highest BCUT2D eigenvalue weighted by Gasteiger charge is 2.07. The van der Waals surface area contributed by atoms with Crippen molar-refractivity contribution < 1.29 is 8.78 Å². The summed E-state index contributed by atoms with van der Waals surface area (Å²) in [5.74, 6) is -0.279. The lowest BCUT2D eigenvalue weighted by Gasteiger charge is -2.12. The van der Waals surface area contributed by atoms with Gasteiger partial charge in [-0.05, 0) is 24.3 Å². The highest BCUT2D eigenvalue weighted by molar-refractivity contribution is 5.48. The second-order valence-electron chi connectivity index (χ2n) is 4.35. The molecule has 0 amide bonds. The predicted molar refractivity (Wildman–Crippen MR) is 72.2 cm³/mol. The normalized spacial score (nSPS) is 10.3. The van der Waals surface area contributed by atoms with Gasteiger partial charge in [-0.25, -0.2) is 13.8 Å². The van der Waals surface area contributed by atoms with E-state index in [0.717, 1.165) is 5.82 Å². The van der Waals surface area contributed by atoms with Crippen molar-refractivity contribution in [3.63, 3.8) is 0 Å². The molecular weight excluding hydrogens is 248 g/mol. The summed E-state index contributed by atoms with van der Waals surface area (Å²) in [4.78, 5) is 6.09. The number of anilines is 2. The van der Waals surface area contributed by atoms with E-state index in [1.807, 2.05) is 31.1 Å². The number of benzene rings is 1. The van der Waals surface area contributed by atoms with E-state index in [-0.39, 0.29) is 12.1 Å². The van der Waals surface area contributed by atoms with Gasteiger partial charge < -0.3 is 10.2 Å². The minimum atomic E-state index is -0.551. The Kier molecular flexibility index (Phi) is 3.94. The number of nitrogens with zero attached hydrogens (tertiary/aromatic N) is 2. The molecule has 5 heteroatoms. The van der Waals surface area contributed by atoms with Crippen LogP contribution in [-0.2, 0) is 6.54 Å². The molecule has 100 valence electrons. The van der Waals surface area contributed by atoms with Crippen LogP contribution in [0.5, 0.6) is 0 Å². The van der Waals surface area contributed by atoms with Crippen LogP contribution in [-0.4, -0.2) is 19.1 Å². The lowest BCUT2D eigenvalue weighted by Crippen LogP contribution is -2.10. The quantitative estimate of drug-likeness (QED) is 0.919. The van der Waals surface area contributed by atoms with Gasteiger partial charge in [0.2, 0.25) is 0 Å². The molecule has 0 fully saturated rings. The SMILES string of the molecule is CN(C)c1ccc(NCc2c(F)cccc2F)cn1. The van der Waals surface area contributed by atoms with Crippen molar-refractivity contribution in [3.05, 3.63) is 53.7 Å². The van der Waals surface area contributed by atoms with E-state index >= 15 is 0 Å². The molecule has 0 saturated heterocycles. The highest BCUT2D eigenvalue weighted by Crippen LogP contribution is 2.16. The fourth-order valence-electron chi connectivity index (χ4n) is 1.65. The fourth-order valence-corrected chi connectivity index (χ4v) is 1.65. The molecule has 0 radical (unpaired) electrons. The first kappa shape index (κ1) is 13.3. The second-order valence-corrected chi connectivity index (χ2v) is 4.35. The van der Waals surface area contributed by atoms with E-state index in [2.05, 4.69) is 10.3 Å². The molecule has 0 saturated carbocycles. The molecule has 0 bridgehead atoms. The van der Waals surface area contributed by atoms with Gasteiger partial charge >= 0.3 is 0 Å². The van der Waals surface area contributed by atoms with Gasteiger partial charge in [0, 0.05) is 26.2 Å². The first-order chi connectivity index (χ1) is 9.08. The largest absolute Gasteiger partial charge is 0.379 e. The summed E-state index contributed by atoms with van der Waals surface area (Å²) in [5, 5.41) is 2.95. The Balaban J connectivity index is 2.06. The molecule has 1 aromatic heterocycles. The van der Waals surface area contributed by atoms with Crippen molar-refractivity contribution in [2.24, 2.45) is 0 Å². The van der Waals surface area contributed by atoms with E-state index in [4.69, 9.17) is 0 Å². The summed E-state index contributed by atoms with van der Waals surface area (Å²) < 4.78 is 26.8. The summed E-state index contributed by atoms with van der Waals surface area (Å²) in [6.07, 6.45) is 1.63. The predicted octanol–water partition coefficient (Wildman–Crippen LogP) is 3.04. The number of hydrogen-bond acceptors (Lipinski definition) is 3. The van der Waals surface area contributed by atoms with Crippen LogP contribution in [0, 0.1) is 11.6 Å². The lowest BCUT2D eigenvalue weighted by atomic mass is 10.2. The van der Waals surface area contributed by atoms with Crippen LogP contribution in [0.4, 0.5) is 20.3 Å². The Bertz CT molecular complexity index is 533. The van der Waals surface area contributed by atoms with Crippen molar-refractivity contribution in [1.29, 1.82) is 0 Å². The first-order valence-corrected chi connectivity index (χ1v) is 5.88. The molecule has 0 aliphatic heterocycles. The van der Waals surface area contributed by atoms with E-state index < -0.39 is 11.6 Å². The van der Waals surface area contributed by atoms with Gasteiger partial charge in [0.15, 0.2) is 0 Å². The lowest BCUT2D eigenvalue weighted by molar-refractivity contribution is 0.560. The van der Waals surface area contributed by atoms with Crippen LogP contribution in [0.1, 0.15) is 5.56 Å². The summed E-state index contributed by atoms with van der Waals surface area (Å²) in [6.45, 7) is 0.0848. The maximum atomic E-state index is 13.4. The molecule has 2 rings (SSSR count). The number of hydrogen-bond donors (Lipinski definition) is 1. The summed E-state index contributed by atoms with van der Waals surface area (Å²) in [5.41, 5.74) is 0.743. The number of halogens is 2. The maximum absolute atomic E-state index is 13.4. The topological polar surface area (TPSA) is 28.2 Å². The van der Waals surface area contributed by atoms with Crippen molar-refractivity contribution >= 4 is 11.5 Å². The van der Waals surface area contributed by atoms with Gasteiger partial charge in [-0.3, -0.25) is 0 Å². The zero-order valence-corrected chi connectivity index (χ0v) is 10.8. The molecule has 1 heterocycles. The monoisotopic (exact) mass is 263 g/mol. The highest BCUT2D eigenvalue weighted by atomic mass is 19.1. The van der Waals surface area contributed by atoms with Gasteiger partial charge in [0.25, 0.3) is 0 Å². The molecule has 0 unspecified atom stereocenters. The summed E-state index contributed by atoms with van der Waals surface area (Å²) in [7, 11) is 3.79. The van der Waals surface area contributed by atoms with Crippen molar-refractivity contribution in [2.75, 3.05) is 24.3 Å². The molecule has 2 aromatic rings. The van der Waals surface area contributed by atoms with Crippen molar-refractivity contribution in [1.82, 2.24) is 4.98 Å².